The van der Waals surface area contributed by atoms with Crippen molar-refractivity contribution in [2.24, 2.45) is 0 Å². The Morgan fingerprint density at radius 2 is 0.685 bits per heavy atom. The van der Waals surface area contributed by atoms with Gasteiger partial charge in [0, 0.05) is 73.1 Å². The number of ether oxygens (including phenoxy) is 2. The SMILES string of the molecule is CC(C)(C)c1cc(-c2scc(-c3ccccc3[OH+]CCCC[OH+]c3ccccc3-c3csc(-c4cc(C(C)(C)C)cc(C(C)(C)C)c4)c3O)c2O)cc(C(C)(C)C)c1.[CH2-]c1ccccc1.[CH2-]c1ccccc1.[Zr]. The number of thiophene rings is 2. The van der Waals surface area contributed by atoms with E-state index in [0.29, 0.717) is 24.7 Å². The zero-order valence-electron chi connectivity index (χ0n) is 45.4. The van der Waals surface area contributed by atoms with Crippen molar-refractivity contribution in [1.29, 1.82) is 0 Å². The van der Waals surface area contributed by atoms with Gasteiger partial charge in [-0.05, 0) is 91.4 Å². The molecule has 7 heteroatoms. The van der Waals surface area contributed by atoms with Crippen LogP contribution < -0.4 is 0 Å². The molecule has 0 saturated heterocycles. The summed E-state index contributed by atoms with van der Waals surface area (Å²) in [6.07, 6.45) is 1.76. The molecule has 0 radical (unpaired) electrons. The van der Waals surface area contributed by atoms with Crippen LogP contribution in [0.5, 0.6) is 23.0 Å². The molecule has 0 aliphatic rings. The Balaban J connectivity index is 0.000000566. The van der Waals surface area contributed by atoms with E-state index in [1.165, 1.54) is 22.3 Å². The molecule has 73 heavy (non-hydrogen) atoms. The van der Waals surface area contributed by atoms with Gasteiger partial charge in [0.15, 0.2) is 13.2 Å². The second-order valence-electron chi connectivity index (χ2n) is 22.7. The summed E-state index contributed by atoms with van der Waals surface area (Å²) in [6.45, 7) is 35.7. The summed E-state index contributed by atoms with van der Waals surface area (Å²) in [5.41, 5.74) is 12.8. The molecule has 0 amide bonds. The second kappa shape index (κ2) is 25.2. The summed E-state index contributed by atoms with van der Waals surface area (Å²) in [7, 11) is 0. The molecule has 0 saturated carbocycles. The van der Waals surface area contributed by atoms with E-state index in [4.69, 9.17) is 9.47 Å². The number of hydrogen-bond donors (Lipinski definition) is 2. The molecule has 0 unspecified atom stereocenters. The fourth-order valence-corrected chi connectivity index (χ4v) is 9.90. The average Bonchev–Trinajstić information content (AvgIpc) is 3.91. The van der Waals surface area contributed by atoms with E-state index in [2.05, 4.69) is 156 Å². The van der Waals surface area contributed by atoms with Crippen LogP contribution in [0.25, 0.3) is 43.1 Å². The fraction of sp³-hybridized carbons (Fsp3) is 0.303. The third-order valence-electron chi connectivity index (χ3n) is 12.6. The van der Waals surface area contributed by atoms with E-state index >= 15 is 0 Å². The van der Waals surface area contributed by atoms with Crippen molar-refractivity contribution in [3.05, 3.63) is 204 Å². The number of benzene rings is 6. The Morgan fingerprint density at radius 1 is 0.397 bits per heavy atom. The smallest absolute Gasteiger partial charge is 0.262 e. The molecule has 4 nitrogen and oxygen atoms in total. The first-order chi connectivity index (χ1) is 33.9. The molecule has 6 aromatic carbocycles. The van der Waals surface area contributed by atoms with Crippen molar-refractivity contribution in [1.82, 2.24) is 0 Å². The van der Waals surface area contributed by atoms with Crippen molar-refractivity contribution < 1.29 is 45.9 Å². The molecular weight excluding hydrogens is 1010 g/mol. The van der Waals surface area contributed by atoms with Gasteiger partial charge < -0.3 is 19.7 Å². The Hall–Kier alpha value is -5.46. The van der Waals surface area contributed by atoms with Gasteiger partial charge >= 0.3 is 0 Å². The van der Waals surface area contributed by atoms with Crippen LogP contribution in [0.1, 0.15) is 129 Å². The second-order valence-corrected chi connectivity index (χ2v) is 24.5. The summed E-state index contributed by atoms with van der Waals surface area (Å²) in [5, 5.41) is 27.5. The molecular formula is C66H78O4S2Zr. The van der Waals surface area contributed by atoms with Gasteiger partial charge in [-0.25, -0.2) is 0 Å². The first-order valence-corrected chi connectivity index (χ1v) is 26.9. The third kappa shape index (κ3) is 16.0. The monoisotopic (exact) mass is 1090 g/mol. The molecule has 4 N–H and O–H groups in total. The first-order valence-electron chi connectivity index (χ1n) is 25.1. The zero-order chi connectivity index (χ0) is 52.4. The van der Waals surface area contributed by atoms with E-state index in [-0.39, 0.29) is 47.9 Å². The molecule has 8 rings (SSSR count). The minimum Gasteiger partial charge on any atom is -0.582 e. The van der Waals surface area contributed by atoms with Gasteiger partial charge in [0.1, 0.15) is 11.5 Å². The maximum Gasteiger partial charge on any atom is 0.262 e. The van der Waals surface area contributed by atoms with Crippen LogP contribution in [-0.4, -0.2) is 32.9 Å². The Bertz CT molecular complexity index is 2720. The average molecular weight is 1090 g/mol. The van der Waals surface area contributed by atoms with Gasteiger partial charge in [-0.15, -0.1) is 46.9 Å². The topological polar surface area (TPSA) is 66.1 Å². The molecule has 2 aromatic heterocycles. The molecule has 8 aromatic rings. The van der Waals surface area contributed by atoms with Crippen molar-refractivity contribution in [3.63, 3.8) is 0 Å². The van der Waals surface area contributed by atoms with Gasteiger partial charge in [0.2, 0.25) is 0 Å². The molecule has 2 heterocycles. The van der Waals surface area contributed by atoms with Crippen LogP contribution in [0.4, 0.5) is 0 Å². The Labute approximate surface area is 465 Å². The largest absolute Gasteiger partial charge is 0.582 e. The molecule has 0 aliphatic carbocycles. The van der Waals surface area contributed by atoms with Crippen molar-refractivity contribution >= 4 is 22.7 Å². The number of hydrogen-bond acceptors (Lipinski definition) is 4. The number of para-hydroxylation sites is 2. The maximum atomic E-state index is 11.7. The van der Waals surface area contributed by atoms with E-state index in [1.807, 2.05) is 97.1 Å². The number of rotatable bonds is 11. The van der Waals surface area contributed by atoms with E-state index in [1.54, 1.807) is 22.7 Å². The van der Waals surface area contributed by atoms with Crippen LogP contribution in [-0.2, 0) is 47.9 Å². The molecule has 0 atom stereocenters. The first kappa shape index (κ1) is 58.4. The van der Waals surface area contributed by atoms with Crippen LogP contribution in [0.3, 0.4) is 0 Å². The molecule has 0 aliphatic heterocycles. The molecule has 382 valence electrons. The van der Waals surface area contributed by atoms with Gasteiger partial charge in [-0.1, -0.05) is 132 Å². The minimum atomic E-state index is -0.0124. The van der Waals surface area contributed by atoms with E-state index in [0.717, 1.165) is 78.6 Å². The predicted molar refractivity (Wildman–Crippen MR) is 313 cm³/mol. The maximum absolute atomic E-state index is 11.7. The molecule has 0 spiro atoms. The summed E-state index contributed by atoms with van der Waals surface area (Å²) >= 11 is 3.18. The summed E-state index contributed by atoms with van der Waals surface area (Å²) in [5.74, 6) is 2.39. The van der Waals surface area contributed by atoms with Crippen LogP contribution >= 0.6 is 22.7 Å². The summed E-state index contributed by atoms with van der Waals surface area (Å²) in [4.78, 5) is 1.78. The van der Waals surface area contributed by atoms with E-state index in [9.17, 15) is 10.2 Å². The third-order valence-corrected chi connectivity index (χ3v) is 14.6. The predicted octanol–water partition coefficient (Wildman–Crippen LogP) is 18.8. The van der Waals surface area contributed by atoms with Crippen LogP contribution in [0, 0.1) is 13.8 Å². The number of aromatic hydroxyl groups is 4. The Morgan fingerprint density at radius 3 is 0.959 bits per heavy atom. The fourth-order valence-electron chi connectivity index (χ4n) is 8.00. The van der Waals surface area contributed by atoms with Crippen molar-refractivity contribution in [3.8, 4) is 66.1 Å². The number of unbranched alkanes of at least 4 members (excludes halogenated alkanes) is 1. The van der Waals surface area contributed by atoms with Gasteiger partial charge in [0.25, 0.3) is 11.5 Å². The van der Waals surface area contributed by atoms with Crippen LogP contribution in [0.2, 0.25) is 0 Å². The standard InChI is InChI=1S/C52H62O4S2.2C7H7.Zr/c1-49(2,3)35-25-33(26-36(29-35)50(4,5)6)47-45(53)41(31-57-47)39-19-13-15-21-43(39)55-23-17-18-24-56-44-22-16-14-20-40(44)42-32-58-48(46(42)54)34-27-37(51(7,8)9)30-38(28-34)52(10,11)12;2*1-7-5-3-2-4-6-7;/h13-16,19-22,25-32,53-54H,17-18,23-24H2,1-12H3;2*2-6H,1H2;/q;2*-1;/p+2. The minimum absolute atomic E-state index is 0. The summed E-state index contributed by atoms with van der Waals surface area (Å²) < 4.78 is 10.0. The zero-order valence-corrected chi connectivity index (χ0v) is 49.5. The van der Waals surface area contributed by atoms with E-state index < -0.39 is 0 Å². The number of aliphatic hydroxyl groups is 2. The van der Waals surface area contributed by atoms with Gasteiger partial charge in [0.05, 0.1) is 20.9 Å². The van der Waals surface area contributed by atoms with Crippen LogP contribution in [0.15, 0.2) is 156 Å². The van der Waals surface area contributed by atoms with Gasteiger partial charge in [-0.2, -0.15) is 49.2 Å². The Kier molecular flexibility index (Phi) is 20.2. The normalized spacial score (nSPS) is 11.6. The van der Waals surface area contributed by atoms with Gasteiger partial charge in [-0.3, -0.25) is 0 Å². The van der Waals surface area contributed by atoms with Crippen molar-refractivity contribution in [2.45, 2.75) is 118 Å². The van der Waals surface area contributed by atoms with Crippen molar-refractivity contribution in [2.75, 3.05) is 13.2 Å². The molecule has 0 bridgehead atoms. The molecule has 0 fully saturated rings. The quantitative estimate of drug-likeness (QED) is 0.0770. The summed E-state index contributed by atoms with van der Waals surface area (Å²) in [6, 6.07) is 49.6.